The van der Waals surface area contributed by atoms with Crippen molar-refractivity contribution in [3.8, 4) is 0 Å². The summed E-state index contributed by atoms with van der Waals surface area (Å²) in [5.41, 5.74) is 1.47. The molecule has 0 saturated heterocycles. The number of aryl methyl sites for hydroxylation is 1. The summed E-state index contributed by atoms with van der Waals surface area (Å²) < 4.78 is 1.64. The molecule has 0 aromatic carbocycles. The van der Waals surface area contributed by atoms with E-state index in [2.05, 4.69) is 29.2 Å². The number of carboxylic acids is 1. The van der Waals surface area contributed by atoms with Crippen molar-refractivity contribution in [1.29, 1.82) is 0 Å². The first-order chi connectivity index (χ1) is 10.0. The zero-order chi connectivity index (χ0) is 15.4. The lowest BCUT2D eigenvalue weighted by atomic mass is 10.1. The van der Waals surface area contributed by atoms with E-state index < -0.39 is 5.97 Å². The van der Waals surface area contributed by atoms with Crippen LogP contribution in [-0.2, 0) is 7.05 Å². The number of hydrogen-bond acceptors (Lipinski definition) is 5. The molecule has 0 aliphatic carbocycles. The minimum absolute atomic E-state index is 0.186. The molecule has 2 aromatic rings. The normalized spacial score (nSPS) is 12.5. The molecule has 0 radical (unpaired) electrons. The highest BCUT2D eigenvalue weighted by atomic mass is 32.2. The van der Waals surface area contributed by atoms with Crippen LogP contribution in [0.3, 0.4) is 0 Å². The molecule has 0 fully saturated rings. The first-order valence-electron chi connectivity index (χ1n) is 6.92. The molecule has 0 aliphatic rings. The topological polar surface area (TPSA) is 80.0 Å². The van der Waals surface area contributed by atoms with Crippen molar-refractivity contribution >= 4 is 34.5 Å². The molecule has 21 heavy (non-hydrogen) atoms. The lowest BCUT2D eigenvalue weighted by Gasteiger charge is -2.17. The number of carbonyl (C=O) groups is 1. The molecule has 2 heterocycles. The van der Waals surface area contributed by atoms with E-state index in [1.165, 1.54) is 6.20 Å². The summed E-state index contributed by atoms with van der Waals surface area (Å²) >= 11 is 1.88. The molecule has 0 saturated carbocycles. The van der Waals surface area contributed by atoms with Gasteiger partial charge >= 0.3 is 5.97 Å². The molecule has 2 aromatic heterocycles. The number of aromatic nitrogens is 3. The SMILES string of the molecule is CCSCCC(C)Nc1c(C(=O)O)cnc2c1cnn2C. The summed E-state index contributed by atoms with van der Waals surface area (Å²) in [7, 11) is 1.79. The van der Waals surface area contributed by atoms with Crippen molar-refractivity contribution in [2.45, 2.75) is 26.3 Å². The van der Waals surface area contributed by atoms with Crippen LogP contribution in [0.5, 0.6) is 0 Å². The number of nitrogens with one attached hydrogen (secondary N) is 1. The standard InChI is InChI=1S/C14H20N4O2S/c1-4-21-6-5-9(2)17-12-10-8-16-18(3)13(10)15-7-11(12)14(19)20/h7-9H,4-6H2,1-3H3,(H,15,17)(H,19,20). The number of carboxylic acid groups (broad SMARTS) is 1. The van der Waals surface area contributed by atoms with Crippen LogP contribution in [0.25, 0.3) is 11.0 Å². The number of hydrogen-bond donors (Lipinski definition) is 2. The van der Waals surface area contributed by atoms with Gasteiger partial charge in [0.05, 0.1) is 17.3 Å². The van der Waals surface area contributed by atoms with Crippen LogP contribution >= 0.6 is 11.8 Å². The Balaban J connectivity index is 2.31. The van der Waals surface area contributed by atoms with Gasteiger partial charge in [-0.1, -0.05) is 6.92 Å². The molecule has 7 heteroatoms. The van der Waals surface area contributed by atoms with Crippen LogP contribution in [0.15, 0.2) is 12.4 Å². The fourth-order valence-electron chi connectivity index (χ4n) is 2.14. The van der Waals surface area contributed by atoms with Crippen LogP contribution in [-0.4, -0.2) is 43.4 Å². The summed E-state index contributed by atoms with van der Waals surface area (Å²) in [5.74, 6) is 1.16. The highest BCUT2D eigenvalue weighted by Gasteiger charge is 2.18. The predicted molar refractivity (Wildman–Crippen MR) is 86.2 cm³/mol. The Bertz CT molecular complexity index is 641. The molecule has 114 valence electrons. The van der Waals surface area contributed by atoms with Gasteiger partial charge in [0.2, 0.25) is 0 Å². The Morgan fingerprint density at radius 3 is 2.95 bits per heavy atom. The minimum Gasteiger partial charge on any atom is -0.478 e. The average molecular weight is 308 g/mol. The van der Waals surface area contributed by atoms with Crippen LogP contribution in [0.4, 0.5) is 5.69 Å². The van der Waals surface area contributed by atoms with Gasteiger partial charge in [-0.3, -0.25) is 4.68 Å². The van der Waals surface area contributed by atoms with E-state index in [4.69, 9.17) is 0 Å². The van der Waals surface area contributed by atoms with Gasteiger partial charge < -0.3 is 10.4 Å². The van der Waals surface area contributed by atoms with Gasteiger partial charge in [-0.25, -0.2) is 9.78 Å². The molecule has 6 nitrogen and oxygen atoms in total. The number of nitrogens with zero attached hydrogens (tertiary/aromatic N) is 3. The summed E-state index contributed by atoms with van der Waals surface area (Å²) in [6, 6.07) is 0.188. The quantitative estimate of drug-likeness (QED) is 0.765. The Hall–Kier alpha value is -1.76. The number of rotatable bonds is 7. The van der Waals surface area contributed by atoms with Crippen molar-refractivity contribution < 1.29 is 9.90 Å². The Labute approximate surface area is 127 Å². The van der Waals surface area contributed by atoms with Gasteiger partial charge in [0.1, 0.15) is 5.56 Å². The van der Waals surface area contributed by atoms with Gasteiger partial charge in [-0.2, -0.15) is 16.9 Å². The number of thioether (sulfide) groups is 1. The third-order valence-electron chi connectivity index (χ3n) is 3.28. The Morgan fingerprint density at radius 1 is 1.52 bits per heavy atom. The van der Waals surface area contributed by atoms with Crippen molar-refractivity contribution in [2.75, 3.05) is 16.8 Å². The van der Waals surface area contributed by atoms with Gasteiger partial charge in [0.25, 0.3) is 0 Å². The van der Waals surface area contributed by atoms with Crippen molar-refractivity contribution in [1.82, 2.24) is 14.8 Å². The maximum Gasteiger partial charge on any atom is 0.339 e. The second-order valence-electron chi connectivity index (χ2n) is 4.89. The van der Waals surface area contributed by atoms with Gasteiger partial charge in [-0.15, -0.1) is 0 Å². The number of anilines is 1. The molecular weight excluding hydrogens is 288 g/mol. The van der Waals surface area contributed by atoms with Crippen LogP contribution in [0, 0.1) is 0 Å². The van der Waals surface area contributed by atoms with E-state index in [0.717, 1.165) is 23.3 Å². The van der Waals surface area contributed by atoms with Crippen LogP contribution in [0.1, 0.15) is 30.6 Å². The van der Waals surface area contributed by atoms with E-state index in [1.807, 2.05) is 11.8 Å². The molecule has 0 bridgehead atoms. The predicted octanol–water partition coefficient (Wildman–Crippen LogP) is 2.61. The zero-order valence-corrected chi connectivity index (χ0v) is 13.3. The maximum absolute atomic E-state index is 11.4. The second kappa shape index (κ2) is 6.80. The van der Waals surface area contributed by atoms with Crippen LogP contribution < -0.4 is 5.32 Å². The van der Waals surface area contributed by atoms with E-state index in [0.29, 0.717) is 11.3 Å². The van der Waals surface area contributed by atoms with Gasteiger partial charge in [0.15, 0.2) is 5.65 Å². The zero-order valence-electron chi connectivity index (χ0n) is 12.5. The number of fused-ring (bicyclic) bond motifs is 1. The van der Waals surface area contributed by atoms with E-state index in [9.17, 15) is 9.90 Å². The van der Waals surface area contributed by atoms with Crippen LogP contribution in [0.2, 0.25) is 0 Å². The molecule has 2 N–H and O–H groups in total. The Kier molecular flexibility index (Phi) is 5.06. The van der Waals surface area contributed by atoms with Crippen molar-refractivity contribution in [3.63, 3.8) is 0 Å². The second-order valence-corrected chi connectivity index (χ2v) is 6.28. The molecule has 0 amide bonds. The molecule has 1 unspecified atom stereocenters. The molecule has 1 atom stereocenters. The smallest absolute Gasteiger partial charge is 0.339 e. The van der Waals surface area contributed by atoms with Crippen molar-refractivity contribution in [2.24, 2.45) is 7.05 Å². The highest BCUT2D eigenvalue weighted by Crippen LogP contribution is 2.26. The van der Waals surface area contributed by atoms with E-state index in [1.54, 1.807) is 17.9 Å². The maximum atomic E-state index is 11.4. The molecule has 2 rings (SSSR count). The summed E-state index contributed by atoms with van der Waals surface area (Å²) in [6.45, 7) is 4.19. The van der Waals surface area contributed by atoms with Crippen molar-refractivity contribution in [3.05, 3.63) is 18.0 Å². The van der Waals surface area contributed by atoms with Gasteiger partial charge in [0, 0.05) is 19.3 Å². The largest absolute Gasteiger partial charge is 0.478 e. The third-order valence-corrected chi connectivity index (χ3v) is 4.22. The fraction of sp³-hybridized carbons (Fsp3) is 0.500. The lowest BCUT2D eigenvalue weighted by molar-refractivity contribution is 0.0697. The average Bonchev–Trinajstić information content (AvgIpc) is 2.81. The highest BCUT2D eigenvalue weighted by molar-refractivity contribution is 7.99. The molecule has 0 spiro atoms. The first-order valence-corrected chi connectivity index (χ1v) is 8.08. The Morgan fingerprint density at radius 2 is 2.29 bits per heavy atom. The van der Waals surface area contributed by atoms with Gasteiger partial charge in [-0.05, 0) is 24.9 Å². The van der Waals surface area contributed by atoms with E-state index >= 15 is 0 Å². The number of pyridine rings is 1. The lowest BCUT2D eigenvalue weighted by Crippen LogP contribution is -2.18. The monoisotopic (exact) mass is 308 g/mol. The third kappa shape index (κ3) is 3.47. The first kappa shape index (κ1) is 15.6. The fourth-order valence-corrected chi connectivity index (χ4v) is 2.95. The molecule has 0 aliphatic heterocycles. The summed E-state index contributed by atoms with van der Waals surface area (Å²) in [4.78, 5) is 15.6. The minimum atomic E-state index is -0.981. The van der Waals surface area contributed by atoms with E-state index in [-0.39, 0.29) is 11.6 Å². The summed E-state index contributed by atoms with van der Waals surface area (Å²) in [5, 5.41) is 17.6. The molecular formula is C14H20N4O2S. The summed E-state index contributed by atoms with van der Waals surface area (Å²) in [6.07, 6.45) is 4.02. The number of aromatic carboxylic acids is 1.